The van der Waals surface area contributed by atoms with Crippen molar-refractivity contribution in [3.63, 3.8) is 0 Å². The Hall–Kier alpha value is -0.890. The molecule has 0 bridgehead atoms. The minimum atomic E-state index is -0.421. The molecule has 84 valence electrons. The van der Waals surface area contributed by atoms with E-state index in [0.29, 0.717) is 12.5 Å². The van der Waals surface area contributed by atoms with E-state index >= 15 is 0 Å². The highest BCUT2D eigenvalue weighted by atomic mass is 32.2. The molecule has 0 amide bonds. The molecule has 1 aliphatic heterocycles. The van der Waals surface area contributed by atoms with Gasteiger partial charge in [0.1, 0.15) is 0 Å². The van der Waals surface area contributed by atoms with Crippen molar-refractivity contribution in [1.29, 1.82) is 5.26 Å². The zero-order valence-electron chi connectivity index (χ0n) is 9.36. The third-order valence-electron chi connectivity index (χ3n) is 2.27. The molecule has 4 nitrogen and oxygen atoms in total. The summed E-state index contributed by atoms with van der Waals surface area (Å²) in [6.45, 7) is 6.14. The lowest BCUT2D eigenvalue weighted by Crippen LogP contribution is -2.43. The van der Waals surface area contributed by atoms with Crippen LogP contribution in [0.25, 0.3) is 0 Å². The SMILES string of the molecule is CC(C)(C#N)CN=C(N)N1CCSCC1. The van der Waals surface area contributed by atoms with Crippen molar-refractivity contribution >= 4 is 17.7 Å². The Morgan fingerprint density at radius 3 is 2.67 bits per heavy atom. The summed E-state index contributed by atoms with van der Waals surface area (Å²) in [5.41, 5.74) is 5.45. The Kier molecular flexibility index (Phi) is 4.28. The molecule has 0 aliphatic carbocycles. The van der Waals surface area contributed by atoms with Gasteiger partial charge in [-0.25, -0.2) is 0 Å². The average molecular weight is 226 g/mol. The van der Waals surface area contributed by atoms with Crippen molar-refractivity contribution in [3.8, 4) is 6.07 Å². The number of hydrogen-bond donors (Lipinski definition) is 1. The van der Waals surface area contributed by atoms with E-state index in [1.165, 1.54) is 0 Å². The molecule has 1 fully saturated rings. The fourth-order valence-corrected chi connectivity index (χ4v) is 2.11. The molecule has 1 aliphatic rings. The molecule has 1 rings (SSSR count). The van der Waals surface area contributed by atoms with E-state index in [4.69, 9.17) is 11.0 Å². The van der Waals surface area contributed by atoms with Crippen LogP contribution >= 0.6 is 11.8 Å². The number of guanidine groups is 1. The summed E-state index contributed by atoms with van der Waals surface area (Å²) in [6, 6.07) is 2.21. The number of hydrogen-bond acceptors (Lipinski definition) is 3. The highest BCUT2D eigenvalue weighted by Gasteiger charge is 2.17. The summed E-state index contributed by atoms with van der Waals surface area (Å²) in [5.74, 6) is 2.80. The van der Waals surface area contributed by atoms with Crippen molar-refractivity contribution in [2.45, 2.75) is 13.8 Å². The van der Waals surface area contributed by atoms with Crippen LogP contribution in [0.1, 0.15) is 13.8 Å². The van der Waals surface area contributed by atoms with Crippen LogP contribution in [-0.4, -0.2) is 42.0 Å². The van der Waals surface area contributed by atoms with E-state index in [2.05, 4.69) is 16.0 Å². The van der Waals surface area contributed by atoms with Gasteiger partial charge >= 0.3 is 0 Å². The molecule has 2 N–H and O–H groups in total. The van der Waals surface area contributed by atoms with Crippen molar-refractivity contribution in [2.75, 3.05) is 31.1 Å². The molecule has 5 heteroatoms. The van der Waals surface area contributed by atoms with Crippen molar-refractivity contribution < 1.29 is 0 Å². The molecule has 15 heavy (non-hydrogen) atoms. The number of nitriles is 1. The maximum absolute atomic E-state index is 8.84. The molecular weight excluding hydrogens is 208 g/mol. The smallest absolute Gasteiger partial charge is 0.191 e. The van der Waals surface area contributed by atoms with E-state index in [-0.39, 0.29) is 0 Å². The summed E-state index contributed by atoms with van der Waals surface area (Å²) in [4.78, 5) is 6.37. The number of rotatable bonds is 2. The van der Waals surface area contributed by atoms with E-state index in [0.717, 1.165) is 24.6 Å². The van der Waals surface area contributed by atoms with Gasteiger partial charge in [0, 0.05) is 24.6 Å². The predicted octanol–water partition coefficient (Wildman–Crippen LogP) is 0.900. The summed E-state index contributed by atoms with van der Waals surface area (Å²) in [7, 11) is 0. The second-order valence-electron chi connectivity index (χ2n) is 4.27. The Morgan fingerprint density at radius 1 is 1.53 bits per heavy atom. The van der Waals surface area contributed by atoms with Gasteiger partial charge in [-0.3, -0.25) is 4.99 Å². The van der Waals surface area contributed by atoms with Gasteiger partial charge in [-0.05, 0) is 13.8 Å². The number of nitrogens with two attached hydrogens (primary N) is 1. The van der Waals surface area contributed by atoms with Gasteiger partial charge in [0.05, 0.1) is 18.0 Å². The fraction of sp³-hybridized carbons (Fsp3) is 0.800. The molecule has 0 aromatic carbocycles. The molecule has 0 aromatic rings. The molecule has 0 aromatic heterocycles. The molecular formula is C10H18N4S. The first-order chi connectivity index (χ1) is 7.05. The third kappa shape index (κ3) is 4.00. The highest BCUT2D eigenvalue weighted by Crippen LogP contribution is 2.14. The lowest BCUT2D eigenvalue weighted by atomic mass is 9.96. The van der Waals surface area contributed by atoms with E-state index in [9.17, 15) is 0 Å². The van der Waals surface area contributed by atoms with Crippen molar-refractivity contribution in [1.82, 2.24) is 4.90 Å². The minimum absolute atomic E-state index is 0.421. The number of nitrogens with zero attached hydrogens (tertiary/aromatic N) is 3. The zero-order valence-corrected chi connectivity index (χ0v) is 10.2. The van der Waals surface area contributed by atoms with Gasteiger partial charge < -0.3 is 10.6 Å². The maximum atomic E-state index is 8.84. The van der Waals surface area contributed by atoms with E-state index in [1.807, 2.05) is 25.6 Å². The number of aliphatic imine (C=N–C) groups is 1. The Morgan fingerprint density at radius 2 is 2.13 bits per heavy atom. The average Bonchev–Trinajstić information content (AvgIpc) is 2.27. The van der Waals surface area contributed by atoms with Crippen LogP contribution in [0.2, 0.25) is 0 Å². The third-order valence-corrected chi connectivity index (χ3v) is 3.22. The lowest BCUT2D eigenvalue weighted by Gasteiger charge is -2.27. The predicted molar refractivity (Wildman–Crippen MR) is 64.8 cm³/mol. The van der Waals surface area contributed by atoms with E-state index in [1.54, 1.807) is 0 Å². The number of thioether (sulfide) groups is 1. The first-order valence-electron chi connectivity index (χ1n) is 5.09. The summed E-state index contributed by atoms with van der Waals surface area (Å²) in [5, 5.41) is 8.84. The first kappa shape index (κ1) is 12.2. The second kappa shape index (κ2) is 5.26. The fourth-order valence-electron chi connectivity index (χ4n) is 1.21. The van der Waals surface area contributed by atoms with Crippen LogP contribution in [-0.2, 0) is 0 Å². The Bertz CT molecular complexity index is 274. The molecule has 0 atom stereocenters. The zero-order chi connectivity index (χ0) is 11.3. The Labute approximate surface area is 95.5 Å². The summed E-state index contributed by atoms with van der Waals surface area (Å²) < 4.78 is 0. The standard InChI is InChI=1S/C10H18N4S/c1-10(2,7-11)8-13-9(12)14-3-5-15-6-4-14/h3-6,8H2,1-2H3,(H2,12,13). The molecule has 1 saturated heterocycles. The summed E-state index contributed by atoms with van der Waals surface area (Å²) in [6.07, 6.45) is 0. The molecule has 0 spiro atoms. The minimum Gasteiger partial charge on any atom is -0.370 e. The molecule has 0 saturated carbocycles. The Balaban J connectivity index is 2.48. The van der Waals surface area contributed by atoms with Gasteiger partial charge in [0.2, 0.25) is 0 Å². The molecule has 0 radical (unpaired) electrons. The van der Waals surface area contributed by atoms with E-state index < -0.39 is 5.41 Å². The monoisotopic (exact) mass is 226 g/mol. The van der Waals surface area contributed by atoms with Crippen LogP contribution in [0.4, 0.5) is 0 Å². The quantitative estimate of drug-likeness (QED) is 0.561. The van der Waals surface area contributed by atoms with Crippen LogP contribution in [0.15, 0.2) is 4.99 Å². The normalized spacial score (nSPS) is 18.7. The van der Waals surface area contributed by atoms with Crippen LogP contribution in [0, 0.1) is 16.7 Å². The second-order valence-corrected chi connectivity index (χ2v) is 5.49. The van der Waals surface area contributed by atoms with Crippen LogP contribution in [0.5, 0.6) is 0 Å². The largest absolute Gasteiger partial charge is 0.370 e. The van der Waals surface area contributed by atoms with Crippen molar-refractivity contribution in [2.24, 2.45) is 16.1 Å². The highest BCUT2D eigenvalue weighted by molar-refractivity contribution is 7.99. The van der Waals surface area contributed by atoms with Gasteiger partial charge in [-0.15, -0.1) is 0 Å². The lowest BCUT2D eigenvalue weighted by molar-refractivity contribution is 0.446. The van der Waals surface area contributed by atoms with Crippen LogP contribution in [0.3, 0.4) is 0 Å². The van der Waals surface area contributed by atoms with Gasteiger partial charge in [0.15, 0.2) is 5.96 Å². The van der Waals surface area contributed by atoms with Crippen LogP contribution < -0.4 is 5.73 Å². The van der Waals surface area contributed by atoms with Gasteiger partial charge in [0.25, 0.3) is 0 Å². The topological polar surface area (TPSA) is 65.4 Å². The molecule has 0 unspecified atom stereocenters. The maximum Gasteiger partial charge on any atom is 0.191 e. The summed E-state index contributed by atoms with van der Waals surface area (Å²) >= 11 is 1.94. The first-order valence-corrected chi connectivity index (χ1v) is 6.24. The van der Waals surface area contributed by atoms with Gasteiger partial charge in [-0.2, -0.15) is 17.0 Å². The molecule has 1 heterocycles. The van der Waals surface area contributed by atoms with Crippen molar-refractivity contribution in [3.05, 3.63) is 0 Å². The van der Waals surface area contributed by atoms with Gasteiger partial charge in [-0.1, -0.05) is 0 Å².